The van der Waals surface area contributed by atoms with Crippen molar-refractivity contribution in [1.29, 1.82) is 0 Å². The normalized spacial score (nSPS) is 19.5. The van der Waals surface area contributed by atoms with Crippen LogP contribution in [-0.2, 0) is 0 Å². The molecule has 1 rings (SSSR count). The molecule has 0 heterocycles. The molecule has 0 unspecified atom stereocenters. The molecule has 0 bridgehead atoms. The maximum atomic E-state index is 5.77. The molecule has 0 aromatic heterocycles. The number of aliphatic imine (C=N–C) groups is 1. The number of rotatable bonds is 1. The van der Waals surface area contributed by atoms with Crippen molar-refractivity contribution >= 4 is 18.8 Å². The van der Waals surface area contributed by atoms with E-state index in [4.69, 9.17) is 11.5 Å². The van der Waals surface area contributed by atoms with Crippen LogP contribution >= 0.6 is 12.6 Å². The molecule has 0 aliphatic heterocycles. The Labute approximate surface area is 77.6 Å². The van der Waals surface area contributed by atoms with Gasteiger partial charge >= 0.3 is 0 Å². The first-order valence-electron chi connectivity index (χ1n) is 3.75. The average molecular weight is 183 g/mol. The summed E-state index contributed by atoms with van der Waals surface area (Å²) < 4.78 is 0. The Morgan fingerprint density at radius 1 is 1.42 bits per heavy atom. The second-order valence-electron chi connectivity index (χ2n) is 2.70. The van der Waals surface area contributed by atoms with Crippen LogP contribution in [0.1, 0.15) is 12.8 Å². The van der Waals surface area contributed by atoms with Crippen LogP contribution < -0.4 is 11.5 Å². The van der Waals surface area contributed by atoms with Crippen molar-refractivity contribution in [2.24, 2.45) is 16.5 Å². The maximum Gasteiger partial charge on any atom is 0.0515 e. The molecule has 0 radical (unpaired) electrons. The lowest BCUT2D eigenvalue weighted by Crippen LogP contribution is -2.14. The van der Waals surface area contributed by atoms with Gasteiger partial charge in [0.25, 0.3) is 0 Å². The number of nitrogens with two attached hydrogens (primary N) is 2. The van der Waals surface area contributed by atoms with Crippen molar-refractivity contribution in [2.45, 2.75) is 12.8 Å². The lowest BCUT2D eigenvalue weighted by Gasteiger charge is -2.16. The Morgan fingerprint density at radius 3 is 2.67 bits per heavy atom. The smallest absolute Gasteiger partial charge is 0.0515 e. The average Bonchev–Trinajstić information content (AvgIpc) is 2.07. The Balaban J connectivity index is 3.02. The summed E-state index contributed by atoms with van der Waals surface area (Å²) in [4.78, 5) is 4.61. The largest absolute Gasteiger partial charge is 0.401 e. The summed E-state index contributed by atoms with van der Waals surface area (Å²) in [6.07, 6.45) is 3.44. The van der Waals surface area contributed by atoms with E-state index in [1.54, 1.807) is 13.3 Å². The third-order valence-corrected chi connectivity index (χ3v) is 2.38. The molecule has 0 saturated heterocycles. The summed E-state index contributed by atoms with van der Waals surface area (Å²) in [5.41, 5.74) is 13.9. The van der Waals surface area contributed by atoms with Gasteiger partial charge < -0.3 is 11.5 Å². The molecule has 0 atom stereocenters. The SMILES string of the molecule is CN=CC1=C(N)C(S)=C(N)CC1. The van der Waals surface area contributed by atoms with Gasteiger partial charge in [-0.05, 0) is 18.4 Å². The van der Waals surface area contributed by atoms with Crippen LogP contribution in [0.5, 0.6) is 0 Å². The summed E-state index contributed by atoms with van der Waals surface area (Å²) >= 11 is 4.21. The Hall–Kier alpha value is -0.900. The van der Waals surface area contributed by atoms with E-state index in [2.05, 4.69) is 17.6 Å². The predicted octanol–water partition coefficient (Wildman–Crippen LogP) is 0.794. The van der Waals surface area contributed by atoms with Gasteiger partial charge in [0.05, 0.1) is 5.70 Å². The zero-order valence-electron chi connectivity index (χ0n) is 7.04. The van der Waals surface area contributed by atoms with Crippen LogP contribution in [0, 0.1) is 0 Å². The third kappa shape index (κ3) is 1.64. The van der Waals surface area contributed by atoms with E-state index < -0.39 is 0 Å². The van der Waals surface area contributed by atoms with Crippen molar-refractivity contribution in [3.63, 3.8) is 0 Å². The summed E-state index contributed by atoms with van der Waals surface area (Å²) in [5.74, 6) is 0. The van der Waals surface area contributed by atoms with Crippen LogP contribution in [0.25, 0.3) is 0 Å². The van der Waals surface area contributed by atoms with Gasteiger partial charge in [0.15, 0.2) is 0 Å². The monoisotopic (exact) mass is 183 g/mol. The van der Waals surface area contributed by atoms with E-state index in [0.29, 0.717) is 10.6 Å². The van der Waals surface area contributed by atoms with Crippen LogP contribution in [0.3, 0.4) is 0 Å². The Bertz CT molecular complexity index is 276. The van der Waals surface area contributed by atoms with E-state index >= 15 is 0 Å². The third-order valence-electron chi connectivity index (χ3n) is 1.85. The second kappa shape index (κ2) is 3.67. The van der Waals surface area contributed by atoms with E-state index in [0.717, 1.165) is 24.1 Å². The first kappa shape index (κ1) is 9.19. The first-order valence-corrected chi connectivity index (χ1v) is 4.20. The van der Waals surface area contributed by atoms with Gasteiger partial charge in [0.2, 0.25) is 0 Å². The Morgan fingerprint density at radius 2 is 2.08 bits per heavy atom. The van der Waals surface area contributed by atoms with Crippen molar-refractivity contribution in [2.75, 3.05) is 7.05 Å². The fourth-order valence-corrected chi connectivity index (χ4v) is 1.39. The summed E-state index contributed by atoms with van der Waals surface area (Å²) in [7, 11) is 1.72. The summed E-state index contributed by atoms with van der Waals surface area (Å²) in [5, 5.41) is 0. The molecule has 0 spiro atoms. The molecule has 1 aliphatic rings. The van der Waals surface area contributed by atoms with Crippen molar-refractivity contribution in [3.8, 4) is 0 Å². The van der Waals surface area contributed by atoms with Gasteiger partial charge in [-0.2, -0.15) is 0 Å². The zero-order valence-corrected chi connectivity index (χ0v) is 7.94. The van der Waals surface area contributed by atoms with Crippen LogP contribution in [0.4, 0.5) is 0 Å². The standard InChI is InChI=1S/C8H13N3S/c1-11-4-5-2-3-6(9)8(12)7(5)10/h4,12H,2-3,9-10H2,1H3. The molecule has 0 aromatic carbocycles. The van der Waals surface area contributed by atoms with E-state index in [1.807, 2.05) is 0 Å². The second-order valence-corrected chi connectivity index (χ2v) is 3.15. The molecule has 4 N–H and O–H groups in total. The molecule has 66 valence electrons. The molecule has 12 heavy (non-hydrogen) atoms. The molecule has 0 amide bonds. The molecule has 4 heteroatoms. The maximum absolute atomic E-state index is 5.77. The number of hydrogen-bond donors (Lipinski definition) is 3. The minimum Gasteiger partial charge on any atom is -0.401 e. The highest BCUT2D eigenvalue weighted by Gasteiger charge is 2.13. The van der Waals surface area contributed by atoms with Gasteiger partial charge in [0, 0.05) is 23.9 Å². The summed E-state index contributed by atoms with van der Waals surface area (Å²) in [6.45, 7) is 0. The molecule has 1 aliphatic carbocycles. The zero-order chi connectivity index (χ0) is 9.14. The van der Waals surface area contributed by atoms with Gasteiger partial charge in [-0.25, -0.2) is 0 Å². The molecule has 0 saturated carbocycles. The molecule has 0 fully saturated rings. The highest BCUT2D eigenvalue weighted by molar-refractivity contribution is 7.84. The van der Waals surface area contributed by atoms with Crippen molar-refractivity contribution < 1.29 is 0 Å². The fraction of sp³-hybridized carbons (Fsp3) is 0.375. The van der Waals surface area contributed by atoms with Crippen molar-refractivity contribution in [3.05, 3.63) is 21.9 Å². The summed E-state index contributed by atoms with van der Waals surface area (Å²) in [6, 6.07) is 0. The Kier molecular flexibility index (Phi) is 2.81. The van der Waals surface area contributed by atoms with Crippen molar-refractivity contribution in [1.82, 2.24) is 0 Å². The number of nitrogens with zero attached hydrogens (tertiary/aromatic N) is 1. The highest BCUT2D eigenvalue weighted by Crippen LogP contribution is 2.25. The van der Waals surface area contributed by atoms with E-state index in [-0.39, 0.29) is 0 Å². The predicted molar refractivity (Wildman–Crippen MR) is 55.1 cm³/mol. The highest BCUT2D eigenvalue weighted by atomic mass is 32.1. The van der Waals surface area contributed by atoms with Gasteiger partial charge in [-0.1, -0.05) is 0 Å². The number of hydrogen-bond acceptors (Lipinski definition) is 4. The van der Waals surface area contributed by atoms with Crippen LogP contribution in [-0.4, -0.2) is 13.3 Å². The molecular weight excluding hydrogens is 170 g/mol. The minimum absolute atomic E-state index is 0.660. The minimum atomic E-state index is 0.660. The lowest BCUT2D eigenvalue weighted by atomic mass is 10.0. The van der Waals surface area contributed by atoms with Crippen LogP contribution in [0.15, 0.2) is 26.9 Å². The number of allylic oxidation sites excluding steroid dienone is 2. The molecule has 0 aromatic rings. The quantitative estimate of drug-likeness (QED) is 0.416. The molecular formula is C8H13N3S. The topological polar surface area (TPSA) is 64.4 Å². The van der Waals surface area contributed by atoms with E-state index in [9.17, 15) is 0 Å². The first-order chi connectivity index (χ1) is 5.66. The van der Waals surface area contributed by atoms with Gasteiger partial charge in [-0.15, -0.1) is 12.6 Å². The fourth-order valence-electron chi connectivity index (χ4n) is 1.14. The van der Waals surface area contributed by atoms with Crippen LogP contribution in [0.2, 0.25) is 0 Å². The lowest BCUT2D eigenvalue weighted by molar-refractivity contribution is 0.899. The molecule has 3 nitrogen and oxygen atoms in total. The van der Waals surface area contributed by atoms with Gasteiger partial charge in [0.1, 0.15) is 0 Å². The van der Waals surface area contributed by atoms with Gasteiger partial charge in [-0.3, -0.25) is 4.99 Å². The van der Waals surface area contributed by atoms with E-state index in [1.165, 1.54) is 0 Å². The number of thiol groups is 1.